The molecule has 3 nitrogen and oxygen atoms in total. The summed E-state index contributed by atoms with van der Waals surface area (Å²) in [7, 11) is 0. The molecule has 1 aromatic rings. The lowest BCUT2D eigenvalue weighted by molar-refractivity contribution is 0.435. The number of benzene rings is 1. The van der Waals surface area contributed by atoms with Gasteiger partial charge in [0, 0.05) is 0 Å². The van der Waals surface area contributed by atoms with Crippen molar-refractivity contribution in [3.8, 4) is 11.8 Å². The number of halogens is 3. The molecule has 0 aliphatic heterocycles. The summed E-state index contributed by atoms with van der Waals surface area (Å²) in [4.78, 5) is 0. The lowest BCUT2D eigenvalue weighted by Crippen LogP contribution is -2.11. The Bertz CT molecular complexity index is 391. The summed E-state index contributed by atoms with van der Waals surface area (Å²) in [5, 5.41) is 17.7. The normalized spacial score (nSPS) is 12.2. The zero-order valence-electron chi connectivity index (χ0n) is 6.76. The Morgan fingerprint density at radius 3 is 2.64 bits per heavy atom. The van der Waals surface area contributed by atoms with E-state index in [4.69, 9.17) is 11.0 Å². The number of nitrogens with zero attached hydrogens (tertiary/aromatic N) is 1. The van der Waals surface area contributed by atoms with Crippen molar-refractivity contribution < 1.29 is 13.9 Å². The van der Waals surface area contributed by atoms with Gasteiger partial charge < -0.3 is 10.8 Å². The minimum absolute atomic E-state index is 0.0444. The smallest absolute Gasteiger partial charge is 0.168 e. The number of phenolic OH excluding ortho intramolecular Hbond substituents is 1. The summed E-state index contributed by atoms with van der Waals surface area (Å²) in [5.41, 5.74) is 4.64. The third-order valence-electron chi connectivity index (χ3n) is 1.63. The fourth-order valence-corrected chi connectivity index (χ4v) is 1.37. The average Bonchev–Trinajstić information content (AvgIpc) is 2.15. The summed E-state index contributed by atoms with van der Waals surface area (Å²) < 4.78 is 25.9. The Kier molecular flexibility index (Phi) is 3.03. The molecule has 0 aromatic heterocycles. The molecule has 0 spiro atoms. The van der Waals surface area contributed by atoms with Gasteiger partial charge in [0.15, 0.2) is 11.6 Å². The van der Waals surface area contributed by atoms with E-state index >= 15 is 0 Å². The van der Waals surface area contributed by atoms with Gasteiger partial charge in [0.1, 0.15) is 11.8 Å². The molecular formula is C8H5BrF2N2O. The van der Waals surface area contributed by atoms with E-state index < -0.39 is 29.0 Å². The van der Waals surface area contributed by atoms with Crippen molar-refractivity contribution in [2.75, 3.05) is 0 Å². The molecule has 0 radical (unpaired) electrons. The van der Waals surface area contributed by atoms with Crippen LogP contribution in [0.1, 0.15) is 11.6 Å². The second kappa shape index (κ2) is 3.90. The van der Waals surface area contributed by atoms with Gasteiger partial charge in [-0.05, 0) is 22.0 Å². The van der Waals surface area contributed by atoms with Crippen LogP contribution >= 0.6 is 15.9 Å². The van der Waals surface area contributed by atoms with Gasteiger partial charge in [-0.25, -0.2) is 8.78 Å². The van der Waals surface area contributed by atoms with Crippen molar-refractivity contribution in [1.82, 2.24) is 0 Å². The number of hydrogen-bond donors (Lipinski definition) is 2. The number of nitriles is 1. The highest BCUT2D eigenvalue weighted by molar-refractivity contribution is 9.10. The van der Waals surface area contributed by atoms with Crippen LogP contribution < -0.4 is 5.73 Å². The Hall–Kier alpha value is -1.19. The molecule has 0 bridgehead atoms. The van der Waals surface area contributed by atoms with Gasteiger partial charge in [-0.2, -0.15) is 5.26 Å². The predicted molar refractivity (Wildman–Crippen MR) is 48.3 cm³/mol. The van der Waals surface area contributed by atoms with Crippen LogP contribution in [0.2, 0.25) is 0 Å². The Morgan fingerprint density at radius 2 is 2.14 bits per heavy atom. The van der Waals surface area contributed by atoms with E-state index in [1.54, 1.807) is 0 Å². The quantitative estimate of drug-likeness (QED) is 0.761. The van der Waals surface area contributed by atoms with Crippen molar-refractivity contribution >= 4 is 15.9 Å². The molecule has 1 atom stereocenters. The summed E-state index contributed by atoms with van der Waals surface area (Å²) in [6, 6.07) is 0.869. The molecule has 14 heavy (non-hydrogen) atoms. The zero-order valence-corrected chi connectivity index (χ0v) is 8.35. The van der Waals surface area contributed by atoms with Crippen LogP contribution in [0.3, 0.4) is 0 Å². The fourth-order valence-electron chi connectivity index (χ4n) is 0.953. The lowest BCUT2D eigenvalue weighted by Gasteiger charge is -2.09. The van der Waals surface area contributed by atoms with E-state index in [1.807, 2.05) is 0 Å². The molecule has 0 fully saturated rings. The van der Waals surface area contributed by atoms with Crippen molar-refractivity contribution in [3.63, 3.8) is 0 Å². The third-order valence-corrected chi connectivity index (χ3v) is 2.24. The SMILES string of the molecule is N#CC(N)c1c(O)c(Br)cc(F)c1F. The van der Waals surface area contributed by atoms with Crippen LogP contribution in [0.15, 0.2) is 10.5 Å². The number of nitrogens with two attached hydrogens (primary N) is 1. The molecule has 1 aromatic carbocycles. The maximum Gasteiger partial charge on any atom is 0.168 e. The highest BCUT2D eigenvalue weighted by atomic mass is 79.9. The van der Waals surface area contributed by atoms with E-state index in [0.717, 1.165) is 6.07 Å². The van der Waals surface area contributed by atoms with E-state index in [0.29, 0.717) is 0 Å². The monoisotopic (exact) mass is 262 g/mol. The van der Waals surface area contributed by atoms with Crippen molar-refractivity contribution in [3.05, 3.63) is 27.7 Å². The molecule has 74 valence electrons. The van der Waals surface area contributed by atoms with Crippen LogP contribution in [0, 0.1) is 23.0 Å². The highest BCUT2D eigenvalue weighted by Crippen LogP contribution is 2.34. The molecular weight excluding hydrogens is 258 g/mol. The van der Waals surface area contributed by atoms with Crippen molar-refractivity contribution in [2.45, 2.75) is 6.04 Å². The molecule has 0 saturated carbocycles. The molecule has 0 amide bonds. The van der Waals surface area contributed by atoms with Crippen LogP contribution in [-0.2, 0) is 0 Å². The summed E-state index contributed by atoms with van der Waals surface area (Å²) in [5.74, 6) is -3.03. The van der Waals surface area contributed by atoms with Gasteiger partial charge in [-0.3, -0.25) is 0 Å². The van der Waals surface area contributed by atoms with Crippen LogP contribution in [0.5, 0.6) is 5.75 Å². The summed E-state index contributed by atoms with van der Waals surface area (Å²) >= 11 is 2.81. The van der Waals surface area contributed by atoms with Crippen molar-refractivity contribution in [1.29, 1.82) is 5.26 Å². The first-order chi connectivity index (χ1) is 6.49. The van der Waals surface area contributed by atoms with Gasteiger partial charge in [0.25, 0.3) is 0 Å². The van der Waals surface area contributed by atoms with Crippen LogP contribution in [0.4, 0.5) is 8.78 Å². The molecule has 0 saturated heterocycles. The summed E-state index contributed by atoms with van der Waals surface area (Å²) in [6.07, 6.45) is 0. The first kappa shape index (κ1) is 10.9. The maximum atomic E-state index is 13.1. The number of aromatic hydroxyl groups is 1. The largest absolute Gasteiger partial charge is 0.506 e. The zero-order chi connectivity index (χ0) is 10.9. The first-order valence-electron chi connectivity index (χ1n) is 3.50. The van der Waals surface area contributed by atoms with Crippen LogP contribution in [0.25, 0.3) is 0 Å². The molecule has 0 aliphatic rings. The molecule has 0 heterocycles. The molecule has 3 N–H and O–H groups in total. The third kappa shape index (κ3) is 1.69. The predicted octanol–water partition coefficient (Wildman–Crippen LogP) is 1.96. The van der Waals surface area contributed by atoms with E-state index in [1.165, 1.54) is 6.07 Å². The average molecular weight is 263 g/mol. The van der Waals surface area contributed by atoms with E-state index in [9.17, 15) is 13.9 Å². The second-order valence-corrected chi connectivity index (χ2v) is 3.38. The topological polar surface area (TPSA) is 70.0 Å². The molecule has 1 rings (SSSR count). The minimum Gasteiger partial charge on any atom is -0.506 e. The number of phenols is 1. The van der Waals surface area contributed by atoms with Gasteiger partial charge in [0.2, 0.25) is 0 Å². The van der Waals surface area contributed by atoms with Crippen molar-refractivity contribution in [2.24, 2.45) is 5.73 Å². The molecule has 0 aliphatic carbocycles. The second-order valence-electron chi connectivity index (χ2n) is 2.52. The van der Waals surface area contributed by atoms with Gasteiger partial charge in [0.05, 0.1) is 16.1 Å². The molecule has 6 heteroatoms. The van der Waals surface area contributed by atoms with E-state index in [2.05, 4.69) is 15.9 Å². The number of hydrogen-bond acceptors (Lipinski definition) is 3. The van der Waals surface area contributed by atoms with Crippen LogP contribution in [-0.4, -0.2) is 5.11 Å². The standard InChI is InChI=1S/C8H5BrF2N2O/c9-3-1-4(10)7(11)6(8(3)14)5(13)2-12/h1,5,14H,13H2. The first-order valence-corrected chi connectivity index (χ1v) is 4.30. The lowest BCUT2D eigenvalue weighted by atomic mass is 10.1. The Balaban J connectivity index is 3.49. The molecule has 1 unspecified atom stereocenters. The minimum atomic E-state index is -1.40. The maximum absolute atomic E-state index is 13.1. The fraction of sp³-hybridized carbons (Fsp3) is 0.125. The summed E-state index contributed by atoms with van der Waals surface area (Å²) in [6.45, 7) is 0. The Morgan fingerprint density at radius 1 is 1.57 bits per heavy atom. The van der Waals surface area contributed by atoms with E-state index in [-0.39, 0.29) is 4.47 Å². The van der Waals surface area contributed by atoms with Gasteiger partial charge >= 0.3 is 0 Å². The number of rotatable bonds is 1. The Labute approximate surface area is 86.9 Å². The highest BCUT2D eigenvalue weighted by Gasteiger charge is 2.21. The van der Waals surface area contributed by atoms with Gasteiger partial charge in [-0.1, -0.05) is 0 Å². The van der Waals surface area contributed by atoms with Gasteiger partial charge in [-0.15, -0.1) is 0 Å².